The molecule has 2 nitrogen and oxygen atoms in total. The fourth-order valence-corrected chi connectivity index (χ4v) is 1.93. The summed E-state index contributed by atoms with van der Waals surface area (Å²) < 4.78 is 19.5. The molecule has 4 heteroatoms. The van der Waals surface area contributed by atoms with E-state index in [4.69, 9.17) is 10.5 Å². The van der Waals surface area contributed by atoms with Crippen LogP contribution in [-0.4, -0.2) is 6.61 Å². The Bertz CT molecular complexity index is 343. The van der Waals surface area contributed by atoms with Crippen molar-refractivity contribution in [2.75, 3.05) is 6.61 Å². The minimum Gasteiger partial charge on any atom is -0.493 e. The molecular formula is C9H9FINO. The predicted molar refractivity (Wildman–Crippen MR) is 56.2 cm³/mol. The molecule has 0 aliphatic carbocycles. The summed E-state index contributed by atoms with van der Waals surface area (Å²) in [6, 6.07) is 3.25. The molecule has 1 aromatic carbocycles. The van der Waals surface area contributed by atoms with Crippen LogP contribution in [-0.2, 0) is 0 Å². The lowest BCUT2D eigenvalue weighted by atomic mass is 10.0. The number of ether oxygens (including phenoxy) is 1. The second kappa shape index (κ2) is 3.42. The van der Waals surface area contributed by atoms with Crippen LogP contribution in [0, 0.1) is 9.39 Å². The number of nitrogens with two attached hydrogens (primary N) is 1. The average Bonchev–Trinajstić information content (AvgIpc) is 2.12. The number of halogens is 2. The molecule has 1 aromatic rings. The maximum absolute atomic E-state index is 13.6. The van der Waals surface area contributed by atoms with E-state index in [0.29, 0.717) is 27.9 Å². The molecule has 0 radical (unpaired) electrons. The first-order valence-electron chi connectivity index (χ1n) is 4.06. The molecular weight excluding hydrogens is 284 g/mol. The lowest BCUT2D eigenvalue weighted by Crippen LogP contribution is -2.22. The van der Waals surface area contributed by atoms with Crippen LogP contribution >= 0.6 is 22.6 Å². The fraction of sp³-hybridized carbons (Fsp3) is 0.333. The quantitative estimate of drug-likeness (QED) is 0.744. The summed E-state index contributed by atoms with van der Waals surface area (Å²) in [5, 5.41) is 0. The van der Waals surface area contributed by atoms with Gasteiger partial charge in [-0.05, 0) is 34.7 Å². The van der Waals surface area contributed by atoms with E-state index in [1.54, 1.807) is 12.1 Å². The van der Waals surface area contributed by atoms with Gasteiger partial charge in [0.1, 0.15) is 11.6 Å². The highest BCUT2D eigenvalue weighted by Gasteiger charge is 2.23. The van der Waals surface area contributed by atoms with E-state index in [1.807, 2.05) is 22.6 Å². The Kier molecular flexibility index (Phi) is 2.42. The molecule has 0 amide bonds. The van der Waals surface area contributed by atoms with Crippen molar-refractivity contribution in [2.24, 2.45) is 5.73 Å². The number of hydrogen-bond acceptors (Lipinski definition) is 2. The second-order valence-corrected chi connectivity index (χ2v) is 4.18. The largest absolute Gasteiger partial charge is 0.493 e. The van der Waals surface area contributed by atoms with Crippen LogP contribution in [0.2, 0.25) is 0 Å². The third-order valence-electron chi connectivity index (χ3n) is 2.15. The second-order valence-electron chi connectivity index (χ2n) is 3.02. The average molecular weight is 293 g/mol. The molecule has 1 heterocycles. The van der Waals surface area contributed by atoms with Gasteiger partial charge < -0.3 is 10.5 Å². The van der Waals surface area contributed by atoms with Gasteiger partial charge >= 0.3 is 0 Å². The van der Waals surface area contributed by atoms with E-state index in [1.165, 1.54) is 0 Å². The van der Waals surface area contributed by atoms with Crippen molar-refractivity contribution in [3.05, 3.63) is 27.1 Å². The Morgan fingerprint density at radius 3 is 3.08 bits per heavy atom. The molecule has 13 heavy (non-hydrogen) atoms. The molecule has 2 rings (SSSR count). The number of rotatable bonds is 0. The summed E-state index contributed by atoms with van der Waals surface area (Å²) in [6.07, 6.45) is 0.685. The van der Waals surface area contributed by atoms with Gasteiger partial charge in [0.05, 0.1) is 6.61 Å². The zero-order chi connectivity index (χ0) is 9.42. The Morgan fingerprint density at radius 2 is 2.31 bits per heavy atom. The molecule has 0 unspecified atom stereocenters. The fourth-order valence-electron chi connectivity index (χ4n) is 1.46. The first kappa shape index (κ1) is 9.21. The van der Waals surface area contributed by atoms with Gasteiger partial charge in [-0.25, -0.2) is 4.39 Å². The van der Waals surface area contributed by atoms with Crippen LogP contribution in [0.15, 0.2) is 12.1 Å². The van der Waals surface area contributed by atoms with Crippen LogP contribution in [0.1, 0.15) is 18.0 Å². The molecule has 1 atom stereocenters. The first-order valence-corrected chi connectivity index (χ1v) is 5.14. The van der Waals surface area contributed by atoms with Crippen molar-refractivity contribution in [3.63, 3.8) is 0 Å². The minimum atomic E-state index is -0.231. The molecule has 0 bridgehead atoms. The topological polar surface area (TPSA) is 35.2 Å². The van der Waals surface area contributed by atoms with Crippen LogP contribution in [0.25, 0.3) is 0 Å². The van der Waals surface area contributed by atoms with E-state index < -0.39 is 0 Å². The van der Waals surface area contributed by atoms with Crippen LogP contribution in [0.3, 0.4) is 0 Å². The summed E-state index contributed by atoms with van der Waals surface area (Å²) in [7, 11) is 0. The van der Waals surface area contributed by atoms with E-state index >= 15 is 0 Å². The minimum absolute atomic E-state index is 0.224. The predicted octanol–water partition coefficient (Wildman–Crippen LogP) is 2.21. The monoisotopic (exact) mass is 293 g/mol. The van der Waals surface area contributed by atoms with Crippen molar-refractivity contribution < 1.29 is 9.13 Å². The lowest BCUT2D eigenvalue weighted by molar-refractivity contribution is 0.263. The molecule has 0 saturated heterocycles. The maximum Gasteiger partial charge on any atom is 0.144 e. The highest BCUT2D eigenvalue weighted by molar-refractivity contribution is 14.1. The Labute approximate surface area is 89.4 Å². The van der Waals surface area contributed by atoms with Crippen molar-refractivity contribution in [2.45, 2.75) is 12.5 Å². The Morgan fingerprint density at radius 1 is 1.54 bits per heavy atom. The van der Waals surface area contributed by atoms with Crippen LogP contribution < -0.4 is 10.5 Å². The summed E-state index contributed by atoms with van der Waals surface area (Å²) in [4.78, 5) is 0. The maximum atomic E-state index is 13.6. The molecule has 0 aromatic heterocycles. The molecule has 1 aliphatic rings. The zero-order valence-electron chi connectivity index (χ0n) is 6.89. The molecule has 70 valence electrons. The highest BCUT2D eigenvalue weighted by atomic mass is 127. The van der Waals surface area contributed by atoms with E-state index in [-0.39, 0.29) is 11.9 Å². The third-order valence-corrected chi connectivity index (χ3v) is 2.98. The van der Waals surface area contributed by atoms with Gasteiger partial charge in [0, 0.05) is 21.6 Å². The molecule has 1 aliphatic heterocycles. The highest BCUT2D eigenvalue weighted by Crippen LogP contribution is 2.34. The summed E-state index contributed by atoms with van der Waals surface area (Å²) in [5.41, 5.74) is 6.32. The van der Waals surface area contributed by atoms with E-state index in [0.717, 1.165) is 0 Å². The van der Waals surface area contributed by atoms with Gasteiger partial charge in [0.2, 0.25) is 0 Å². The smallest absolute Gasteiger partial charge is 0.144 e. The van der Waals surface area contributed by atoms with Crippen molar-refractivity contribution >= 4 is 22.6 Å². The van der Waals surface area contributed by atoms with Crippen LogP contribution in [0.5, 0.6) is 5.75 Å². The summed E-state index contributed by atoms with van der Waals surface area (Å²) >= 11 is 1.95. The molecule has 0 fully saturated rings. The third kappa shape index (κ3) is 1.52. The van der Waals surface area contributed by atoms with Gasteiger partial charge in [-0.2, -0.15) is 0 Å². The first-order chi connectivity index (χ1) is 6.20. The van der Waals surface area contributed by atoms with Crippen molar-refractivity contribution in [1.82, 2.24) is 0 Å². The number of benzene rings is 1. The van der Waals surface area contributed by atoms with Gasteiger partial charge in [0.15, 0.2) is 0 Å². The SMILES string of the molecule is N[C@H]1CCOc2ccc(I)c(F)c21. The van der Waals surface area contributed by atoms with Gasteiger partial charge in [-0.3, -0.25) is 0 Å². The van der Waals surface area contributed by atoms with Crippen molar-refractivity contribution in [1.29, 1.82) is 0 Å². The molecule has 2 N–H and O–H groups in total. The molecule has 0 saturated carbocycles. The van der Waals surface area contributed by atoms with Crippen LogP contribution in [0.4, 0.5) is 4.39 Å². The Hall–Kier alpha value is -0.360. The summed E-state index contributed by atoms with van der Waals surface area (Å²) in [5.74, 6) is 0.363. The molecule has 0 spiro atoms. The van der Waals surface area contributed by atoms with Gasteiger partial charge in [-0.1, -0.05) is 0 Å². The van der Waals surface area contributed by atoms with E-state index in [2.05, 4.69) is 0 Å². The number of fused-ring (bicyclic) bond motifs is 1. The standard InChI is InChI=1S/C9H9FINO/c10-9-5(11)1-2-7-8(9)6(12)3-4-13-7/h1-2,6H,3-4,12H2/t6-/m0/s1. The number of hydrogen-bond donors (Lipinski definition) is 1. The zero-order valence-corrected chi connectivity index (χ0v) is 9.05. The lowest BCUT2D eigenvalue weighted by Gasteiger charge is -2.23. The van der Waals surface area contributed by atoms with Crippen molar-refractivity contribution in [3.8, 4) is 5.75 Å². The Balaban J connectivity index is 2.58. The van der Waals surface area contributed by atoms with Gasteiger partial charge in [0.25, 0.3) is 0 Å². The van der Waals surface area contributed by atoms with E-state index in [9.17, 15) is 4.39 Å². The normalized spacial score (nSPS) is 20.7. The van der Waals surface area contributed by atoms with Gasteiger partial charge in [-0.15, -0.1) is 0 Å². The summed E-state index contributed by atoms with van der Waals surface area (Å²) in [6.45, 7) is 0.578.